The third-order valence-corrected chi connectivity index (χ3v) is 3.15. The Hall–Kier alpha value is -2.86. The van der Waals surface area contributed by atoms with E-state index in [0.717, 1.165) is 0 Å². The van der Waals surface area contributed by atoms with Gasteiger partial charge in [-0.2, -0.15) is 5.10 Å². The number of benzene rings is 2. The lowest BCUT2D eigenvalue weighted by molar-refractivity contribution is -0.136. The number of amides is 2. The molecule has 23 heavy (non-hydrogen) atoms. The first-order valence-corrected chi connectivity index (χ1v) is 7.01. The maximum Gasteiger partial charge on any atom is 0.329 e. The molecule has 0 atom stereocenters. The van der Waals surface area contributed by atoms with E-state index in [-0.39, 0.29) is 0 Å². The zero-order valence-corrected chi connectivity index (χ0v) is 13.0. The number of hydrazone groups is 1. The molecule has 6 nitrogen and oxygen atoms in total. The minimum absolute atomic E-state index is 0.444. The van der Waals surface area contributed by atoms with Gasteiger partial charge in [-0.05, 0) is 18.2 Å². The molecule has 0 saturated carbocycles. The smallest absolute Gasteiger partial charge is 0.329 e. The number of nitrogens with zero attached hydrogens (tertiary/aromatic N) is 1. The number of halogens is 1. The molecule has 0 unspecified atom stereocenters. The van der Waals surface area contributed by atoms with Crippen LogP contribution in [0.15, 0.2) is 53.6 Å². The van der Waals surface area contributed by atoms with E-state index < -0.39 is 11.8 Å². The van der Waals surface area contributed by atoms with Gasteiger partial charge in [-0.15, -0.1) is 0 Å². The van der Waals surface area contributed by atoms with Crippen LogP contribution in [0.5, 0.6) is 5.75 Å². The molecule has 0 aliphatic rings. The normalized spacial score (nSPS) is 10.3. The summed E-state index contributed by atoms with van der Waals surface area (Å²) in [7, 11) is 1.51. The van der Waals surface area contributed by atoms with Crippen molar-refractivity contribution < 1.29 is 14.3 Å². The summed E-state index contributed by atoms with van der Waals surface area (Å²) >= 11 is 5.94. The van der Waals surface area contributed by atoms with E-state index in [1.807, 2.05) is 0 Å². The Labute approximate surface area is 138 Å². The lowest BCUT2D eigenvalue weighted by atomic mass is 10.2. The molecule has 2 aromatic rings. The van der Waals surface area contributed by atoms with Crippen LogP contribution in [0, 0.1) is 0 Å². The summed E-state index contributed by atoms with van der Waals surface area (Å²) in [4.78, 5) is 23.4. The number of nitrogens with one attached hydrogen (secondary N) is 2. The standard InChI is InChI=1S/C16H14ClN3O3/c1-23-13-7-4-6-12(9-13)19-15(21)16(22)20-18-10-11-5-2-3-8-14(11)17/h2-10H,1H3,(H,19,21)(H,20,22)/b18-10+. The maximum atomic E-state index is 11.8. The summed E-state index contributed by atoms with van der Waals surface area (Å²) in [5.74, 6) is -1.16. The van der Waals surface area contributed by atoms with Gasteiger partial charge in [-0.1, -0.05) is 35.9 Å². The number of anilines is 1. The lowest BCUT2D eigenvalue weighted by Gasteiger charge is -2.05. The SMILES string of the molecule is COc1cccc(NC(=O)C(=O)N/N=C/c2ccccc2Cl)c1. The van der Waals surface area contributed by atoms with Crippen LogP contribution in [-0.4, -0.2) is 25.1 Å². The number of methoxy groups -OCH3 is 1. The minimum atomic E-state index is -0.892. The van der Waals surface area contributed by atoms with Crippen molar-refractivity contribution in [3.05, 3.63) is 59.1 Å². The first kappa shape index (κ1) is 16.5. The molecule has 0 spiro atoms. The quantitative estimate of drug-likeness (QED) is 0.513. The van der Waals surface area contributed by atoms with Gasteiger partial charge in [-0.25, -0.2) is 5.43 Å². The molecular weight excluding hydrogens is 318 g/mol. The first-order valence-electron chi connectivity index (χ1n) is 6.63. The van der Waals surface area contributed by atoms with Crippen LogP contribution < -0.4 is 15.5 Å². The van der Waals surface area contributed by atoms with Crippen molar-refractivity contribution in [3.63, 3.8) is 0 Å². The summed E-state index contributed by atoms with van der Waals surface area (Å²) in [5.41, 5.74) is 3.21. The molecule has 2 rings (SSSR count). The Bertz CT molecular complexity index is 747. The van der Waals surface area contributed by atoms with E-state index >= 15 is 0 Å². The van der Waals surface area contributed by atoms with Gasteiger partial charge in [0.05, 0.1) is 13.3 Å². The summed E-state index contributed by atoms with van der Waals surface area (Å²) < 4.78 is 5.03. The summed E-state index contributed by atoms with van der Waals surface area (Å²) in [5, 5.41) is 6.64. The molecule has 2 N–H and O–H groups in total. The van der Waals surface area contributed by atoms with Gasteiger partial charge in [-0.3, -0.25) is 9.59 Å². The average Bonchev–Trinajstić information content (AvgIpc) is 2.56. The molecule has 0 bridgehead atoms. The highest BCUT2D eigenvalue weighted by Gasteiger charge is 2.13. The molecule has 0 aliphatic heterocycles. The Morgan fingerprint density at radius 3 is 2.65 bits per heavy atom. The topological polar surface area (TPSA) is 79.8 Å². The van der Waals surface area contributed by atoms with Crippen molar-refractivity contribution in [1.29, 1.82) is 0 Å². The highest BCUT2D eigenvalue weighted by atomic mass is 35.5. The number of carbonyl (C=O) groups excluding carboxylic acids is 2. The molecule has 0 fully saturated rings. The van der Waals surface area contributed by atoms with Gasteiger partial charge in [0.15, 0.2) is 0 Å². The second kappa shape index (κ2) is 7.95. The molecule has 2 amide bonds. The van der Waals surface area contributed by atoms with E-state index in [1.54, 1.807) is 48.5 Å². The van der Waals surface area contributed by atoms with E-state index in [2.05, 4.69) is 15.8 Å². The second-order valence-electron chi connectivity index (χ2n) is 4.41. The number of ether oxygens (including phenoxy) is 1. The molecule has 0 aliphatic carbocycles. The van der Waals surface area contributed by atoms with Gasteiger partial charge >= 0.3 is 11.8 Å². The lowest BCUT2D eigenvalue weighted by Crippen LogP contribution is -2.32. The number of hydrogen-bond acceptors (Lipinski definition) is 4. The maximum absolute atomic E-state index is 11.8. The molecular formula is C16H14ClN3O3. The monoisotopic (exact) mass is 331 g/mol. The first-order chi connectivity index (χ1) is 11.1. The van der Waals surface area contributed by atoms with Crippen molar-refractivity contribution in [2.45, 2.75) is 0 Å². The Morgan fingerprint density at radius 2 is 1.91 bits per heavy atom. The van der Waals surface area contributed by atoms with Crippen LogP contribution in [0.3, 0.4) is 0 Å². The van der Waals surface area contributed by atoms with E-state index in [9.17, 15) is 9.59 Å². The molecule has 0 radical (unpaired) electrons. The summed E-state index contributed by atoms with van der Waals surface area (Å²) in [6.07, 6.45) is 1.36. The average molecular weight is 332 g/mol. The Balaban J connectivity index is 1.92. The van der Waals surface area contributed by atoms with Crippen molar-refractivity contribution in [2.75, 3.05) is 12.4 Å². The fourth-order valence-electron chi connectivity index (χ4n) is 1.68. The molecule has 0 saturated heterocycles. The summed E-state index contributed by atoms with van der Waals surface area (Å²) in [6.45, 7) is 0. The molecule has 2 aromatic carbocycles. The highest BCUT2D eigenvalue weighted by molar-refractivity contribution is 6.39. The molecule has 0 aromatic heterocycles. The molecule has 118 valence electrons. The molecule has 0 heterocycles. The Kier molecular flexibility index (Phi) is 5.71. The fourth-order valence-corrected chi connectivity index (χ4v) is 1.86. The Morgan fingerprint density at radius 1 is 1.13 bits per heavy atom. The second-order valence-corrected chi connectivity index (χ2v) is 4.81. The summed E-state index contributed by atoms with van der Waals surface area (Å²) in [6, 6.07) is 13.6. The van der Waals surface area contributed by atoms with Crippen LogP contribution in [0.1, 0.15) is 5.56 Å². The van der Waals surface area contributed by atoms with Crippen LogP contribution in [0.4, 0.5) is 5.69 Å². The van der Waals surface area contributed by atoms with Crippen LogP contribution >= 0.6 is 11.6 Å². The predicted molar refractivity (Wildman–Crippen MR) is 88.8 cm³/mol. The van der Waals surface area contributed by atoms with Gasteiger partial charge in [0.1, 0.15) is 5.75 Å². The van der Waals surface area contributed by atoms with Gasteiger partial charge in [0.2, 0.25) is 0 Å². The number of hydrogen-bond donors (Lipinski definition) is 2. The van der Waals surface area contributed by atoms with Gasteiger partial charge in [0.25, 0.3) is 0 Å². The van der Waals surface area contributed by atoms with E-state index in [0.29, 0.717) is 22.0 Å². The van der Waals surface area contributed by atoms with Gasteiger partial charge < -0.3 is 10.1 Å². The predicted octanol–water partition coefficient (Wildman–Crippen LogP) is 2.44. The number of rotatable bonds is 4. The third-order valence-electron chi connectivity index (χ3n) is 2.81. The minimum Gasteiger partial charge on any atom is -0.497 e. The van der Waals surface area contributed by atoms with Crippen molar-refractivity contribution >= 4 is 35.3 Å². The zero-order valence-electron chi connectivity index (χ0n) is 12.2. The van der Waals surface area contributed by atoms with E-state index in [4.69, 9.17) is 16.3 Å². The number of carbonyl (C=O) groups is 2. The van der Waals surface area contributed by atoms with Crippen LogP contribution in [0.2, 0.25) is 5.02 Å². The van der Waals surface area contributed by atoms with Crippen molar-refractivity contribution in [2.24, 2.45) is 5.10 Å². The zero-order chi connectivity index (χ0) is 16.7. The van der Waals surface area contributed by atoms with Gasteiger partial charge in [0, 0.05) is 22.3 Å². The van der Waals surface area contributed by atoms with Crippen LogP contribution in [0.25, 0.3) is 0 Å². The largest absolute Gasteiger partial charge is 0.497 e. The van der Waals surface area contributed by atoms with Crippen LogP contribution in [-0.2, 0) is 9.59 Å². The fraction of sp³-hybridized carbons (Fsp3) is 0.0625. The molecule has 7 heteroatoms. The highest BCUT2D eigenvalue weighted by Crippen LogP contribution is 2.16. The van der Waals surface area contributed by atoms with Crippen molar-refractivity contribution in [1.82, 2.24) is 5.43 Å². The third kappa shape index (κ3) is 4.82. The van der Waals surface area contributed by atoms with Crippen molar-refractivity contribution in [3.8, 4) is 5.75 Å². The van der Waals surface area contributed by atoms with E-state index in [1.165, 1.54) is 13.3 Å².